The van der Waals surface area contributed by atoms with Gasteiger partial charge in [0.1, 0.15) is 5.82 Å². The number of nitrogens with two attached hydrogens (primary N) is 1. The summed E-state index contributed by atoms with van der Waals surface area (Å²) in [6.45, 7) is 7.29. The largest absolute Gasteiger partial charge is 0.409 e. The summed E-state index contributed by atoms with van der Waals surface area (Å²) in [4.78, 5) is 6.82. The van der Waals surface area contributed by atoms with Crippen LogP contribution in [0.2, 0.25) is 0 Å². The van der Waals surface area contributed by atoms with Crippen LogP contribution in [-0.2, 0) is 0 Å². The highest BCUT2D eigenvalue weighted by Crippen LogP contribution is 2.34. The zero-order valence-electron chi connectivity index (χ0n) is 11.1. The molecule has 1 aromatic rings. The average Bonchev–Trinajstić information content (AvgIpc) is 2.67. The molecule has 1 aliphatic rings. The van der Waals surface area contributed by atoms with Crippen LogP contribution in [-0.4, -0.2) is 28.1 Å². The third-order valence-electron chi connectivity index (χ3n) is 3.55. The smallest absolute Gasteiger partial charge is 0.173 e. The topological polar surface area (TPSA) is 74.7 Å². The van der Waals surface area contributed by atoms with Gasteiger partial charge in [-0.05, 0) is 45.7 Å². The Balaban J connectivity index is 2.52. The number of aromatic nitrogens is 1. The van der Waals surface area contributed by atoms with Crippen LogP contribution < -0.4 is 10.6 Å². The van der Waals surface area contributed by atoms with E-state index in [0.717, 1.165) is 30.9 Å². The minimum Gasteiger partial charge on any atom is -0.409 e. The molecule has 0 unspecified atom stereocenters. The Morgan fingerprint density at radius 1 is 1.50 bits per heavy atom. The molecule has 2 heterocycles. The molecule has 0 bridgehead atoms. The molecule has 0 aromatic carbocycles. The van der Waals surface area contributed by atoms with Gasteiger partial charge < -0.3 is 15.8 Å². The molecule has 0 atom stereocenters. The molecule has 2 rings (SSSR count). The second-order valence-corrected chi connectivity index (χ2v) is 5.38. The summed E-state index contributed by atoms with van der Waals surface area (Å²) in [6.07, 6.45) is 2.26. The second kappa shape index (κ2) is 4.48. The number of oxime groups is 1. The average molecular weight is 248 g/mol. The standard InChI is InChI=1S/C13H20N4O/c1-9-5-6-10(11(14)16-18)12(15-9)17-8-4-7-13(17,2)3/h5-6,18H,4,7-8H2,1-3H3,(H2,14,16). The van der Waals surface area contributed by atoms with Gasteiger partial charge in [0.15, 0.2) is 5.84 Å². The molecule has 5 heteroatoms. The van der Waals surface area contributed by atoms with E-state index in [0.29, 0.717) is 5.56 Å². The van der Waals surface area contributed by atoms with Gasteiger partial charge in [-0.15, -0.1) is 0 Å². The third-order valence-corrected chi connectivity index (χ3v) is 3.55. The number of pyridine rings is 1. The maximum absolute atomic E-state index is 8.87. The van der Waals surface area contributed by atoms with Gasteiger partial charge in [-0.1, -0.05) is 5.16 Å². The lowest BCUT2D eigenvalue weighted by molar-refractivity contribution is 0.318. The van der Waals surface area contributed by atoms with E-state index in [2.05, 4.69) is 28.9 Å². The van der Waals surface area contributed by atoms with Gasteiger partial charge in [0.25, 0.3) is 0 Å². The molecule has 0 aliphatic carbocycles. The van der Waals surface area contributed by atoms with Crippen molar-refractivity contribution in [2.75, 3.05) is 11.4 Å². The van der Waals surface area contributed by atoms with E-state index >= 15 is 0 Å². The maximum atomic E-state index is 8.87. The van der Waals surface area contributed by atoms with Crippen LogP contribution in [0.5, 0.6) is 0 Å². The maximum Gasteiger partial charge on any atom is 0.173 e. The number of anilines is 1. The zero-order chi connectivity index (χ0) is 13.3. The summed E-state index contributed by atoms with van der Waals surface area (Å²) < 4.78 is 0. The predicted octanol–water partition coefficient (Wildman–Crippen LogP) is 1.86. The first kappa shape index (κ1) is 12.7. The summed E-state index contributed by atoms with van der Waals surface area (Å²) in [7, 11) is 0. The highest BCUT2D eigenvalue weighted by atomic mass is 16.4. The highest BCUT2D eigenvalue weighted by Gasteiger charge is 2.34. The minimum absolute atomic E-state index is 0.0608. The van der Waals surface area contributed by atoms with E-state index in [1.165, 1.54) is 0 Å². The summed E-state index contributed by atoms with van der Waals surface area (Å²) in [5, 5.41) is 12.0. The normalized spacial score (nSPS) is 19.3. The molecular weight excluding hydrogens is 228 g/mol. The lowest BCUT2D eigenvalue weighted by Crippen LogP contribution is -2.40. The van der Waals surface area contributed by atoms with Crippen molar-refractivity contribution in [3.05, 3.63) is 23.4 Å². The Hall–Kier alpha value is -1.78. The fourth-order valence-electron chi connectivity index (χ4n) is 2.50. The van der Waals surface area contributed by atoms with Gasteiger partial charge >= 0.3 is 0 Å². The first-order valence-corrected chi connectivity index (χ1v) is 6.19. The monoisotopic (exact) mass is 248 g/mol. The lowest BCUT2D eigenvalue weighted by atomic mass is 10.0. The molecule has 1 aliphatic heterocycles. The van der Waals surface area contributed by atoms with Gasteiger partial charge in [-0.2, -0.15) is 0 Å². The first-order valence-electron chi connectivity index (χ1n) is 6.19. The summed E-state index contributed by atoms with van der Waals surface area (Å²) in [6, 6.07) is 3.74. The lowest BCUT2D eigenvalue weighted by Gasteiger charge is -2.34. The summed E-state index contributed by atoms with van der Waals surface area (Å²) in [5.74, 6) is 0.924. The number of amidine groups is 1. The van der Waals surface area contributed by atoms with Gasteiger partial charge in [0.05, 0.1) is 5.56 Å². The fourth-order valence-corrected chi connectivity index (χ4v) is 2.50. The van der Waals surface area contributed by atoms with Crippen LogP contribution in [0.15, 0.2) is 17.3 Å². The van der Waals surface area contributed by atoms with Gasteiger partial charge in [0, 0.05) is 17.8 Å². The number of hydrogen-bond donors (Lipinski definition) is 2. The number of nitrogens with zero attached hydrogens (tertiary/aromatic N) is 3. The number of hydrogen-bond acceptors (Lipinski definition) is 4. The molecule has 98 valence electrons. The molecule has 18 heavy (non-hydrogen) atoms. The quantitative estimate of drug-likeness (QED) is 0.362. The van der Waals surface area contributed by atoms with Crippen LogP contribution >= 0.6 is 0 Å². The number of aryl methyl sites for hydroxylation is 1. The molecule has 1 aromatic heterocycles. The molecule has 0 spiro atoms. The predicted molar refractivity (Wildman–Crippen MR) is 72.1 cm³/mol. The van der Waals surface area contributed by atoms with Gasteiger partial charge in [-0.3, -0.25) is 0 Å². The SMILES string of the molecule is Cc1ccc(C(N)=NO)c(N2CCCC2(C)C)n1. The van der Waals surface area contributed by atoms with Crippen molar-refractivity contribution in [3.8, 4) is 0 Å². The van der Waals surface area contributed by atoms with Gasteiger partial charge in [-0.25, -0.2) is 4.98 Å². The Labute approximate surface area is 107 Å². The van der Waals surface area contributed by atoms with E-state index in [-0.39, 0.29) is 11.4 Å². The van der Waals surface area contributed by atoms with Crippen molar-refractivity contribution in [2.24, 2.45) is 10.9 Å². The van der Waals surface area contributed by atoms with Crippen LogP contribution in [0, 0.1) is 6.92 Å². The Kier molecular flexibility index (Phi) is 3.15. The Morgan fingerprint density at radius 3 is 2.78 bits per heavy atom. The molecule has 1 saturated heterocycles. The van der Waals surface area contributed by atoms with E-state index in [9.17, 15) is 0 Å². The van der Waals surface area contributed by atoms with Crippen molar-refractivity contribution >= 4 is 11.7 Å². The highest BCUT2D eigenvalue weighted by molar-refractivity contribution is 6.01. The molecule has 0 amide bonds. The minimum atomic E-state index is 0.0608. The van der Waals surface area contributed by atoms with Crippen molar-refractivity contribution in [2.45, 2.75) is 39.2 Å². The Morgan fingerprint density at radius 2 is 2.22 bits per heavy atom. The van der Waals surface area contributed by atoms with Gasteiger partial charge in [0.2, 0.25) is 0 Å². The van der Waals surface area contributed by atoms with E-state index < -0.39 is 0 Å². The Bertz CT molecular complexity index is 482. The van der Waals surface area contributed by atoms with E-state index in [4.69, 9.17) is 10.9 Å². The number of rotatable bonds is 2. The summed E-state index contributed by atoms with van der Waals surface area (Å²) in [5.41, 5.74) is 7.42. The zero-order valence-corrected chi connectivity index (χ0v) is 11.1. The van der Waals surface area contributed by atoms with Crippen LogP contribution in [0.1, 0.15) is 37.9 Å². The molecule has 0 saturated carbocycles. The van der Waals surface area contributed by atoms with Crippen LogP contribution in [0.4, 0.5) is 5.82 Å². The van der Waals surface area contributed by atoms with Crippen molar-refractivity contribution in [1.82, 2.24) is 4.98 Å². The van der Waals surface area contributed by atoms with Crippen LogP contribution in [0.25, 0.3) is 0 Å². The van der Waals surface area contributed by atoms with Crippen molar-refractivity contribution < 1.29 is 5.21 Å². The second-order valence-electron chi connectivity index (χ2n) is 5.38. The fraction of sp³-hybridized carbons (Fsp3) is 0.538. The molecule has 5 nitrogen and oxygen atoms in total. The van der Waals surface area contributed by atoms with Crippen LogP contribution in [0.3, 0.4) is 0 Å². The third kappa shape index (κ3) is 2.12. The van der Waals surface area contributed by atoms with E-state index in [1.54, 1.807) is 0 Å². The molecular formula is C13H20N4O. The molecule has 1 fully saturated rings. The van der Waals surface area contributed by atoms with Crippen molar-refractivity contribution in [3.63, 3.8) is 0 Å². The molecule has 0 radical (unpaired) electrons. The van der Waals surface area contributed by atoms with E-state index in [1.807, 2.05) is 19.1 Å². The summed E-state index contributed by atoms with van der Waals surface area (Å²) >= 11 is 0. The first-order chi connectivity index (χ1) is 8.45. The van der Waals surface area contributed by atoms with Crippen molar-refractivity contribution in [1.29, 1.82) is 0 Å². The molecule has 3 N–H and O–H groups in total.